The van der Waals surface area contributed by atoms with E-state index in [1.54, 1.807) is 25.1 Å². The Kier molecular flexibility index (Phi) is 18.3. The maximum Gasteiger partial charge on any atom is 0.237 e. The molecule has 0 aliphatic heterocycles. The van der Waals surface area contributed by atoms with Gasteiger partial charge in [-0.1, -0.05) is 43.6 Å². The maximum atomic E-state index is 13.3. The molecule has 0 unspecified atom stereocenters. The van der Waals surface area contributed by atoms with Gasteiger partial charge >= 0.3 is 0 Å². The normalized spacial score (nSPS) is 11.2. The third-order valence-corrected chi connectivity index (χ3v) is 4.18. The summed E-state index contributed by atoms with van der Waals surface area (Å²) in [5.41, 5.74) is 16.2. The summed E-state index contributed by atoms with van der Waals surface area (Å²) < 4.78 is 25.9. The fourth-order valence-electron chi connectivity index (χ4n) is 2.08. The molecule has 2 rings (SSSR count). The summed E-state index contributed by atoms with van der Waals surface area (Å²) in [5, 5.41) is 10.6. The topological polar surface area (TPSA) is 175 Å². The Hall–Kier alpha value is -3.81. The number of nitrogens with one attached hydrogen (secondary N) is 2. The van der Waals surface area contributed by atoms with Crippen LogP contribution in [0.4, 0.5) is 8.78 Å². The van der Waals surface area contributed by atoms with E-state index in [9.17, 15) is 13.6 Å². The molecule has 0 bridgehead atoms. The number of hydroxylamine groups is 2. The van der Waals surface area contributed by atoms with Gasteiger partial charge in [-0.05, 0) is 43.5 Å². The van der Waals surface area contributed by atoms with E-state index in [2.05, 4.69) is 26.3 Å². The minimum atomic E-state index is -0.477. The molecule has 0 saturated heterocycles. The first-order valence-corrected chi connectivity index (χ1v) is 11.4. The number of nitrogens with two attached hydrogens (primary N) is 3. The van der Waals surface area contributed by atoms with Crippen LogP contribution in [0, 0.1) is 18.6 Å². The van der Waals surface area contributed by atoms with Gasteiger partial charge < -0.3 is 17.3 Å². The number of nitrogens with zero attached hydrogens (tertiary/aromatic N) is 3. The van der Waals surface area contributed by atoms with E-state index in [0.717, 1.165) is 12.8 Å². The number of benzene rings is 2. The van der Waals surface area contributed by atoms with E-state index < -0.39 is 11.6 Å². The highest BCUT2D eigenvalue weighted by Crippen LogP contribution is 2.16. The van der Waals surface area contributed by atoms with Gasteiger partial charge in [0.05, 0.1) is 30.0 Å². The third-order valence-electron chi connectivity index (χ3n) is 3.85. The van der Waals surface area contributed by atoms with E-state index in [1.807, 2.05) is 13.8 Å². The molecule has 11 nitrogen and oxygen atoms in total. The summed E-state index contributed by atoms with van der Waals surface area (Å²) >= 11 is 5.80. The fraction of sp³-hybridized carbons (Fsp3) is 0.304. The molecule has 14 heteroatoms. The molecular formula is C23H33ClF2N8O3. The lowest BCUT2D eigenvalue weighted by Crippen LogP contribution is -2.32. The fourth-order valence-corrected chi connectivity index (χ4v) is 2.29. The van der Waals surface area contributed by atoms with Crippen LogP contribution in [-0.2, 0) is 9.68 Å². The van der Waals surface area contributed by atoms with Crippen molar-refractivity contribution in [3.8, 4) is 0 Å². The standard InChI is InChI=1S/C11H14ClFN4O.C8H7FO.C4H12N4O/c1-2-6-18-17-11(14)16-15-7-8-9(12)4-3-5-10(8)13;1-6-3-2-4-8(9)7(6)5-10;1-2-3-9-8-4(5)7-6/h3-5,7H,2,6H2,1H3,(H3,14,16,17);2-5H,1H3;2-3,6H2,1H3,(H3,5,7,8)/b15-7+;;. The summed E-state index contributed by atoms with van der Waals surface area (Å²) in [6.45, 7) is 6.73. The van der Waals surface area contributed by atoms with Crippen molar-refractivity contribution in [3.63, 3.8) is 0 Å². The summed E-state index contributed by atoms with van der Waals surface area (Å²) in [6.07, 6.45) is 3.48. The van der Waals surface area contributed by atoms with Crippen LogP contribution in [-0.4, -0.2) is 37.6 Å². The third kappa shape index (κ3) is 15.0. The highest BCUT2D eigenvalue weighted by molar-refractivity contribution is 6.33. The number of aldehydes is 1. The molecular weight excluding hydrogens is 510 g/mol. The molecule has 2 aromatic rings. The molecule has 0 fully saturated rings. The second kappa shape index (κ2) is 20.4. The minimum absolute atomic E-state index is 0.0211. The summed E-state index contributed by atoms with van der Waals surface area (Å²) in [7, 11) is 0. The van der Waals surface area contributed by atoms with Gasteiger partial charge in [0, 0.05) is 5.56 Å². The van der Waals surface area contributed by atoms with Gasteiger partial charge in [-0.25, -0.2) is 19.7 Å². The van der Waals surface area contributed by atoms with Crippen molar-refractivity contribution in [1.29, 1.82) is 0 Å². The lowest BCUT2D eigenvalue weighted by Gasteiger charge is -2.02. The number of aryl methyl sites for hydroxylation is 1. The molecule has 0 heterocycles. The van der Waals surface area contributed by atoms with Gasteiger partial charge in [-0.3, -0.25) is 14.5 Å². The predicted molar refractivity (Wildman–Crippen MR) is 142 cm³/mol. The Labute approximate surface area is 219 Å². The quantitative estimate of drug-likeness (QED) is 0.0801. The highest BCUT2D eigenvalue weighted by atomic mass is 35.5. The van der Waals surface area contributed by atoms with Crippen molar-refractivity contribution in [1.82, 2.24) is 11.0 Å². The zero-order valence-electron chi connectivity index (χ0n) is 20.9. The van der Waals surface area contributed by atoms with Crippen molar-refractivity contribution in [2.75, 3.05) is 13.2 Å². The van der Waals surface area contributed by atoms with E-state index >= 15 is 0 Å². The van der Waals surface area contributed by atoms with Gasteiger partial charge in [0.25, 0.3) is 0 Å². The molecule has 204 valence electrons. The second-order valence-corrected chi connectivity index (χ2v) is 7.28. The lowest BCUT2D eigenvalue weighted by atomic mass is 10.1. The smallest absolute Gasteiger partial charge is 0.237 e. The number of hydrogen-bond acceptors (Lipinski definition) is 7. The van der Waals surface area contributed by atoms with Gasteiger partial charge in [-0.2, -0.15) is 5.10 Å². The Balaban J connectivity index is 0.000000577. The first-order valence-electron chi connectivity index (χ1n) is 11.0. The monoisotopic (exact) mass is 542 g/mol. The Morgan fingerprint density at radius 2 is 1.51 bits per heavy atom. The minimum Gasteiger partial charge on any atom is -0.367 e. The van der Waals surface area contributed by atoms with Gasteiger partial charge in [0.1, 0.15) is 11.6 Å². The average Bonchev–Trinajstić information content (AvgIpc) is 2.87. The van der Waals surface area contributed by atoms with Crippen molar-refractivity contribution in [2.45, 2.75) is 33.6 Å². The summed E-state index contributed by atoms with van der Waals surface area (Å²) in [6, 6.07) is 8.90. The van der Waals surface area contributed by atoms with Crippen molar-refractivity contribution >= 4 is 36.0 Å². The van der Waals surface area contributed by atoms with E-state index in [-0.39, 0.29) is 28.1 Å². The maximum absolute atomic E-state index is 13.3. The summed E-state index contributed by atoms with van der Waals surface area (Å²) in [5.74, 6) is 3.91. The Morgan fingerprint density at radius 1 is 0.973 bits per heavy atom. The van der Waals surface area contributed by atoms with E-state index in [1.165, 1.54) is 24.4 Å². The molecule has 2 aromatic carbocycles. The lowest BCUT2D eigenvalue weighted by molar-refractivity contribution is 0.0845. The molecule has 0 aliphatic rings. The molecule has 0 atom stereocenters. The molecule has 37 heavy (non-hydrogen) atoms. The number of carbonyl (C=O) groups excluding carboxylic acids is 1. The first kappa shape index (κ1) is 33.2. The molecule has 0 saturated carbocycles. The van der Waals surface area contributed by atoms with Crippen LogP contribution >= 0.6 is 11.6 Å². The number of halogens is 3. The van der Waals surface area contributed by atoms with Crippen LogP contribution in [0.15, 0.2) is 51.7 Å². The van der Waals surface area contributed by atoms with E-state index in [4.69, 9.17) is 38.6 Å². The highest BCUT2D eigenvalue weighted by Gasteiger charge is 2.03. The van der Waals surface area contributed by atoms with Crippen molar-refractivity contribution in [2.24, 2.45) is 32.6 Å². The Morgan fingerprint density at radius 3 is 1.97 bits per heavy atom. The molecule has 0 radical (unpaired) electrons. The van der Waals surface area contributed by atoms with Crippen LogP contribution in [0.3, 0.4) is 0 Å². The SMILES string of the molecule is CCCONC(N)=N/N=C/c1c(F)cccc1Cl.CCCONC(N)=NN.Cc1cccc(F)c1C=O. The number of carbonyl (C=O) groups is 1. The first-order chi connectivity index (χ1) is 17.7. The van der Waals surface area contributed by atoms with Crippen LogP contribution in [0.1, 0.15) is 48.2 Å². The number of guanidine groups is 2. The predicted octanol–water partition coefficient (Wildman–Crippen LogP) is 3.11. The second-order valence-electron chi connectivity index (χ2n) is 6.87. The van der Waals surface area contributed by atoms with E-state index in [0.29, 0.717) is 25.1 Å². The number of hydrogen-bond donors (Lipinski definition) is 5. The van der Waals surface area contributed by atoms with Crippen LogP contribution < -0.4 is 28.3 Å². The van der Waals surface area contributed by atoms with Gasteiger partial charge in [-0.15, -0.1) is 10.2 Å². The van der Waals surface area contributed by atoms with Crippen LogP contribution in [0.2, 0.25) is 5.02 Å². The molecule has 0 aliphatic carbocycles. The number of rotatable bonds is 9. The molecule has 0 spiro atoms. The average molecular weight is 543 g/mol. The zero-order valence-corrected chi connectivity index (χ0v) is 21.6. The molecule has 0 aromatic heterocycles. The largest absolute Gasteiger partial charge is 0.367 e. The van der Waals surface area contributed by atoms with Crippen molar-refractivity contribution in [3.05, 3.63) is 69.7 Å². The van der Waals surface area contributed by atoms with Gasteiger partial charge in [0.2, 0.25) is 11.9 Å². The Bertz CT molecular complexity index is 999. The summed E-state index contributed by atoms with van der Waals surface area (Å²) in [4.78, 5) is 19.9. The number of hydrazone groups is 1. The molecule has 0 amide bonds. The van der Waals surface area contributed by atoms with Crippen LogP contribution in [0.25, 0.3) is 0 Å². The zero-order chi connectivity index (χ0) is 28.1. The van der Waals surface area contributed by atoms with Crippen LogP contribution in [0.5, 0.6) is 0 Å². The van der Waals surface area contributed by atoms with Gasteiger partial charge in [0.15, 0.2) is 6.29 Å². The van der Waals surface area contributed by atoms with Crippen molar-refractivity contribution < 1.29 is 23.3 Å². The molecule has 8 N–H and O–H groups in total.